The highest BCUT2D eigenvalue weighted by Crippen LogP contribution is 2.45. The SMILES string of the molecule is Cc1c(N(C)S(=O)(=O)c2cc(C(=O)N3CC(c4ccccc4Cl)c4c([nH]c5ccccc45)C3C)ccc2Cl)c(=O)n(-c2ccccc2)n1C. The molecule has 9 nitrogen and oxygen atoms in total. The molecule has 0 aliphatic carbocycles. The molecule has 0 spiro atoms. The third kappa shape index (κ3) is 5.26. The summed E-state index contributed by atoms with van der Waals surface area (Å²) in [6.45, 7) is 3.94. The number of hydrogen-bond acceptors (Lipinski definition) is 4. The summed E-state index contributed by atoms with van der Waals surface area (Å²) in [6, 6.07) is 28.4. The van der Waals surface area contributed by atoms with E-state index in [1.807, 2.05) is 55.5 Å². The summed E-state index contributed by atoms with van der Waals surface area (Å²) in [7, 11) is -1.39. The Hall–Kier alpha value is -4.77. The number of aromatic amines is 1. The Morgan fingerprint density at radius 1 is 0.918 bits per heavy atom. The highest BCUT2D eigenvalue weighted by atomic mass is 35.5. The highest BCUT2D eigenvalue weighted by molar-refractivity contribution is 7.93. The predicted octanol–water partition coefficient (Wildman–Crippen LogP) is 7.45. The number of sulfonamides is 1. The van der Waals surface area contributed by atoms with Gasteiger partial charge in [-0.05, 0) is 67.4 Å². The smallest absolute Gasteiger partial charge is 0.296 e. The monoisotopic (exact) mass is 713 g/mol. The highest BCUT2D eigenvalue weighted by Gasteiger charge is 2.39. The van der Waals surface area contributed by atoms with Crippen molar-refractivity contribution in [2.75, 3.05) is 17.9 Å². The Balaban J connectivity index is 1.28. The zero-order chi connectivity index (χ0) is 34.8. The third-order valence-electron chi connectivity index (χ3n) is 9.59. The van der Waals surface area contributed by atoms with Gasteiger partial charge in [0.1, 0.15) is 10.6 Å². The van der Waals surface area contributed by atoms with Crippen molar-refractivity contribution in [3.8, 4) is 5.69 Å². The average molecular weight is 715 g/mol. The average Bonchev–Trinajstić information content (AvgIpc) is 3.59. The quantitative estimate of drug-likeness (QED) is 0.194. The summed E-state index contributed by atoms with van der Waals surface area (Å²) in [5, 5.41) is 1.59. The van der Waals surface area contributed by atoms with E-state index in [2.05, 4.69) is 11.1 Å². The zero-order valence-corrected chi connectivity index (χ0v) is 29.5. The lowest BCUT2D eigenvalue weighted by molar-refractivity contribution is 0.0662. The first-order valence-electron chi connectivity index (χ1n) is 15.7. The van der Waals surface area contributed by atoms with Crippen LogP contribution >= 0.6 is 23.2 Å². The molecular formula is C37H33Cl2N5O4S. The topological polar surface area (TPSA) is 100 Å². The number of hydrogen-bond donors (Lipinski definition) is 1. The van der Waals surface area contributed by atoms with Crippen molar-refractivity contribution in [2.45, 2.75) is 30.7 Å². The fourth-order valence-electron chi connectivity index (χ4n) is 6.95. The molecule has 2 atom stereocenters. The van der Waals surface area contributed by atoms with Crippen molar-refractivity contribution in [1.29, 1.82) is 0 Å². The van der Waals surface area contributed by atoms with E-state index in [4.69, 9.17) is 23.2 Å². The summed E-state index contributed by atoms with van der Waals surface area (Å²) in [4.78, 5) is 33.1. The van der Waals surface area contributed by atoms with Gasteiger partial charge in [-0.15, -0.1) is 0 Å². The van der Waals surface area contributed by atoms with Gasteiger partial charge in [0.25, 0.3) is 21.5 Å². The van der Waals surface area contributed by atoms with E-state index in [1.54, 1.807) is 47.8 Å². The van der Waals surface area contributed by atoms with Crippen LogP contribution < -0.4 is 9.86 Å². The van der Waals surface area contributed by atoms with Gasteiger partial charge in [-0.3, -0.25) is 18.6 Å². The molecule has 0 saturated heterocycles. The van der Waals surface area contributed by atoms with Crippen LogP contribution in [0, 0.1) is 6.92 Å². The summed E-state index contributed by atoms with van der Waals surface area (Å²) in [6.07, 6.45) is 0. The molecule has 2 unspecified atom stereocenters. The molecule has 0 saturated carbocycles. The Kier molecular flexibility index (Phi) is 8.21. The number of halogens is 2. The molecule has 7 rings (SSSR count). The first-order valence-corrected chi connectivity index (χ1v) is 17.9. The van der Waals surface area contributed by atoms with Crippen LogP contribution in [-0.2, 0) is 17.1 Å². The first kappa shape index (κ1) is 32.8. The maximum atomic E-state index is 14.4. The number of H-pyrrole nitrogens is 1. The standard InChI is InChI=1S/C37H33Cl2N5O4S/c1-22-34-33(27-15-9-11-17-31(27)40-34)28(26-14-8-10-16-29(26)38)21-43(22)36(45)24-18-19-30(39)32(20-24)49(47,48)42(4)35-23(2)41(3)44(37(35)46)25-12-6-5-7-13-25/h5-20,22,28,40H,21H2,1-4H3. The van der Waals surface area contributed by atoms with Crippen LogP contribution in [0.5, 0.6) is 0 Å². The Morgan fingerprint density at radius 3 is 2.33 bits per heavy atom. The number of nitrogens with one attached hydrogen (secondary N) is 1. The molecule has 1 N–H and O–H groups in total. The summed E-state index contributed by atoms with van der Waals surface area (Å²) in [5.74, 6) is -0.610. The van der Waals surface area contributed by atoms with E-state index < -0.39 is 15.6 Å². The lowest BCUT2D eigenvalue weighted by atomic mass is 9.83. The maximum absolute atomic E-state index is 14.4. The summed E-state index contributed by atoms with van der Waals surface area (Å²) >= 11 is 13.3. The molecule has 0 fully saturated rings. The Labute approximate surface area is 293 Å². The van der Waals surface area contributed by atoms with Crippen molar-refractivity contribution >= 4 is 55.7 Å². The van der Waals surface area contributed by atoms with E-state index in [0.717, 1.165) is 32.0 Å². The summed E-state index contributed by atoms with van der Waals surface area (Å²) < 4.78 is 32.4. The van der Waals surface area contributed by atoms with Crippen molar-refractivity contribution in [2.24, 2.45) is 7.05 Å². The second-order valence-corrected chi connectivity index (χ2v) is 15.0. The van der Waals surface area contributed by atoms with Gasteiger partial charge in [0.15, 0.2) is 0 Å². The fraction of sp³-hybridized carbons (Fsp3) is 0.189. The fourth-order valence-corrected chi connectivity index (χ4v) is 8.96. The minimum Gasteiger partial charge on any atom is -0.356 e. The number of para-hydroxylation sites is 2. The largest absolute Gasteiger partial charge is 0.356 e. The van der Waals surface area contributed by atoms with E-state index >= 15 is 0 Å². The Morgan fingerprint density at radius 2 is 1.59 bits per heavy atom. The molecule has 3 heterocycles. The maximum Gasteiger partial charge on any atom is 0.296 e. The number of carbonyl (C=O) groups is 1. The number of benzene rings is 4. The van der Waals surface area contributed by atoms with Gasteiger partial charge < -0.3 is 9.88 Å². The molecule has 2 aromatic heterocycles. The van der Waals surface area contributed by atoms with E-state index in [1.165, 1.54) is 29.9 Å². The van der Waals surface area contributed by atoms with Gasteiger partial charge in [-0.1, -0.05) is 77.8 Å². The van der Waals surface area contributed by atoms with Gasteiger partial charge >= 0.3 is 0 Å². The van der Waals surface area contributed by atoms with Crippen LogP contribution in [0.25, 0.3) is 16.6 Å². The molecule has 250 valence electrons. The molecule has 4 aromatic carbocycles. The van der Waals surface area contributed by atoms with Crippen LogP contribution in [0.4, 0.5) is 5.69 Å². The van der Waals surface area contributed by atoms with Crippen LogP contribution in [-0.4, -0.2) is 47.2 Å². The lowest BCUT2D eigenvalue weighted by Gasteiger charge is -2.39. The molecular weight excluding hydrogens is 681 g/mol. The van der Waals surface area contributed by atoms with E-state index in [9.17, 15) is 18.0 Å². The number of nitrogens with zero attached hydrogens (tertiary/aromatic N) is 4. The van der Waals surface area contributed by atoms with Crippen molar-refractivity contribution in [3.05, 3.63) is 146 Å². The molecule has 6 aromatic rings. The molecule has 1 amide bonds. The molecule has 0 radical (unpaired) electrons. The van der Waals surface area contributed by atoms with E-state index in [0.29, 0.717) is 22.9 Å². The number of fused-ring (bicyclic) bond motifs is 3. The predicted molar refractivity (Wildman–Crippen MR) is 194 cm³/mol. The molecule has 0 bridgehead atoms. The van der Waals surface area contributed by atoms with Gasteiger partial charge in [0.05, 0.1) is 22.4 Å². The van der Waals surface area contributed by atoms with Gasteiger partial charge in [0, 0.05) is 53.7 Å². The van der Waals surface area contributed by atoms with Crippen LogP contribution in [0.1, 0.15) is 51.8 Å². The normalized spacial score (nSPS) is 16.2. The first-order chi connectivity index (χ1) is 23.4. The van der Waals surface area contributed by atoms with Gasteiger partial charge in [-0.25, -0.2) is 13.1 Å². The lowest BCUT2D eigenvalue weighted by Crippen LogP contribution is -2.41. The minimum absolute atomic E-state index is 0.0299. The number of rotatable bonds is 6. The molecule has 12 heteroatoms. The van der Waals surface area contributed by atoms with Crippen molar-refractivity contribution in [3.63, 3.8) is 0 Å². The van der Waals surface area contributed by atoms with Crippen molar-refractivity contribution in [1.82, 2.24) is 19.2 Å². The van der Waals surface area contributed by atoms with Crippen LogP contribution in [0.15, 0.2) is 107 Å². The minimum atomic E-state index is -4.40. The second-order valence-electron chi connectivity index (χ2n) is 12.2. The molecule has 1 aliphatic rings. The number of carbonyl (C=O) groups excluding carboxylic acids is 1. The Bertz CT molecular complexity index is 2430. The zero-order valence-electron chi connectivity index (χ0n) is 27.2. The third-order valence-corrected chi connectivity index (χ3v) is 12.2. The molecule has 1 aliphatic heterocycles. The second kappa shape index (κ2) is 12.3. The van der Waals surface area contributed by atoms with Crippen molar-refractivity contribution < 1.29 is 13.2 Å². The summed E-state index contributed by atoms with van der Waals surface area (Å²) in [5.41, 5.74) is 4.45. The van der Waals surface area contributed by atoms with Gasteiger partial charge in [0.2, 0.25) is 0 Å². The van der Waals surface area contributed by atoms with Crippen LogP contribution in [0.3, 0.4) is 0 Å². The van der Waals surface area contributed by atoms with E-state index in [-0.39, 0.29) is 39.0 Å². The number of aromatic nitrogens is 3. The molecule has 49 heavy (non-hydrogen) atoms. The number of anilines is 1. The number of amides is 1. The van der Waals surface area contributed by atoms with Crippen LogP contribution in [0.2, 0.25) is 10.0 Å². The van der Waals surface area contributed by atoms with Gasteiger partial charge in [-0.2, -0.15) is 0 Å².